The van der Waals surface area contributed by atoms with E-state index in [1.54, 1.807) is 55.5 Å². The quantitative estimate of drug-likeness (QED) is 0.483. The van der Waals surface area contributed by atoms with Crippen LogP contribution in [0.1, 0.15) is 5.56 Å². The Morgan fingerprint density at radius 1 is 0.933 bits per heavy atom. The minimum absolute atomic E-state index is 0.353. The average molecular weight is 403 g/mol. The summed E-state index contributed by atoms with van der Waals surface area (Å²) in [4.78, 5) is 12.1. The molecule has 0 saturated heterocycles. The number of rotatable bonds is 5. The minimum atomic E-state index is -0.474. The number of amides is 2. The first kappa shape index (κ1) is 19.1. The molecule has 0 aliphatic heterocycles. The van der Waals surface area contributed by atoms with Crippen molar-refractivity contribution in [1.29, 1.82) is 0 Å². The molecule has 0 unspecified atom stereocenters. The SMILES string of the molecule is Cc1ccc(NC(=O)Nc2ccc(Oc3ccc(-n4cccc4)nn3)cc2)cc1F. The topological polar surface area (TPSA) is 81.1 Å². The second-order valence-electron chi connectivity index (χ2n) is 6.49. The Kier molecular flexibility index (Phi) is 5.38. The summed E-state index contributed by atoms with van der Waals surface area (Å²) in [6.07, 6.45) is 3.75. The molecule has 0 radical (unpaired) electrons. The first-order valence-corrected chi connectivity index (χ1v) is 9.16. The molecular weight excluding hydrogens is 385 g/mol. The largest absolute Gasteiger partial charge is 0.438 e. The summed E-state index contributed by atoms with van der Waals surface area (Å²) in [5, 5.41) is 13.4. The predicted octanol–water partition coefficient (Wildman–Crippen LogP) is 5.15. The van der Waals surface area contributed by atoms with E-state index >= 15 is 0 Å². The highest BCUT2D eigenvalue weighted by Gasteiger charge is 2.06. The molecule has 2 amide bonds. The lowest BCUT2D eigenvalue weighted by Gasteiger charge is -2.09. The summed E-state index contributed by atoms with van der Waals surface area (Å²) < 4.78 is 21.1. The zero-order valence-electron chi connectivity index (χ0n) is 16.0. The number of urea groups is 1. The number of carbonyl (C=O) groups is 1. The third-order valence-electron chi connectivity index (χ3n) is 4.26. The van der Waals surface area contributed by atoms with Gasteiger partial charge < -0.3 is 19.9 Å². The molecule has 0 aliphatic rings. The van der Waals surface area contributed by atoms with Crippen LogP contribution in [0.5, 0.6) is 11.6 Å². The highest BCUT2D eigenvalue weighted by molar-refractivity contribution is 5.99. The fourth-order valence-electron chi connectivity index (χ4n) is 2.68. The number of benzene rings is 2. The molecule has 2 heterocycles. The molecule has 8 heteroatoms. The Labute approximate surface area is 172 Å². The standard InChI is InChI=1S/C22H18FN5O2/c1-15-4-5-17(14-19(15)23)25-22(29)24-16-6-8-18(9-7-16)30-21-11-10-20(26-27-21)28-12-2-3-13-28/h2-14H,1H3,(H2,24,25,29). The van der Waals surface area contributed by atoms with Gasteiger partial charge in [-0.05, 0) is 67.1 Å². The minimum Gasteiger partial charge on any atom is -0.438 e. The molecule has 7 nitrogen and oxygen atoms in total. The van der Waals surface area contributed by atoms with Crippen LogP contribution in [0.4, 0.5) is 20.6 Å². The maximum Gasteiger partial charge on any atom is 0.323 e. The first-order chi connectivity index (χ1) is 14.6. The molecular formula is C22H18FN5O2. The number of aromatic nitrogens is 3. The van der Waals surface area contributed by atoms with Crippen LogP contribution in [0.15, 0.2) is 79.1 Å². The van der Waals surface area contributed by atoms with Gasteiger partial charge in [-0.15, -0.1) is 10.2 Å². The summed E-state index contributed by atoms with van der Waals surface area (Å²) in [6, 6.07) is 18.1. The van der Waals surface area contributed by atoms with Gasteiger partial charge in [0.05, 0.1) is 0 Å². The van der Waals surface area contributed by atoms with Crippen LogP contribution < -0.4 is 15.4 Å². The maximum absolute atomic E-state index is 13.6. The van der Waals surface area contributed by atoms with Gasteiger partial charge in [-0.1, -0.05) is 6.07 Å². The van der Waals surface area contributed by atoms with Crippen molar-refractivity contribution >= 4 is 17.4 Å². The molecule has 0 bridgehead atoms. The number of ether oxygens (including phenoxy) is 1. The highest BCUT2D eigenvalue weighted by Crippen LogP contribution is 2.22. The lowest BCUT2D eigenvalue weighted by atomic mass is 10.2. The zero-order valence-corrected chi connectivity index (χ0v) is 16.0. The van der Waals surface area contributed by atoms with E-state index in [9.17, 15) is 9.18 Å². The van der Waals surface area contributed by atoms with Gasteiger partial charge in [0.2, 0.25) is 5.88 Å². The Bertz CT molecular complexity index is 1140. The van der Waals surface area contributed by atoms with Crippen LogP contribution in [0.2, 0.25) is 0 Å². The van der Waals surface area contributed by atoms with E-state index in [0.29, 0.717) is 34.4 Å². The molecule has 2 aromatic carbocycles. The van der Waals surface area contributed by atoms with E-state index in [0.717, 1.165) is 0 Å². The third kappa shape index (κ3) is 4.61. The molecule has 0 atom stereocenters. The van der Waals surface area contributed by atoms with Crippen molar-refractivity contribution in [2.75, 3.05) is 10.6 Å². The Morgan fingerprint density at radius 3 is 2.30 bits per heavy atom. The molecule has 4 rings (SSSR count). The monoisotopic (exact) mass is 403 g/mol. The maximum atomic E-state index is 13.6. The van der Waals surface area contributed by atoms with Crippen molar-refractivity contribution in [2.24, 2.45) is 0 Å². The number of anilines is 2. The van der Waals surface area contributed by atoms with Gasteiger partial charge in [0.15, 0.2) is 5.82 Å². The Hall–Kier alpha value is -4.20. The fourth-order valence-corrected chi connectivity index (χ4v) is 2.68. The molecule has 2 N–H and O–H groups in total. The molecule has 30 heavy (non-hydrogen) atoms. The van der Waals surface area contributed by atoms with Crippen molar-refractivity contribution in [3.05, 3.63) is 90.5 Å². The molecule has 2 aromatic heterocycles. The van der Waals surface area contributed by atoms with Crippen LogP contribution >= 0.6 is 0 Å². The zero-order chi connectivity index (χ0) is 20.9. The summed E-state index contributed by atoms with van der Waals surface area (Å²) in [5.74, 6) is 1.21. The molecule has 150 valence electrons. The van der Waals surface area contributed by atoms with Crippen molar-refractivity contribution < 1.29 is 13.9 Å². The average Bonchev–Trinajstić information content (AvgIpc) is 3.28. The number of aryl methyl sites for hydroxylation is 1. The lowest BCUT2D eigenvalue weighted by Crippen LogP contribution is -2.19. The highest BCUT2D eigenvalue weighted by atomic mass is 19.1. The van der Waals surface area contributed by atoms with Crippen molar-refractivity contribution in [3.8, 4) is 17.4 Å². The third-order valence-corrected chi connectivity index (χ3v) is 4.26. The van der Waals surface area contributed by atoms with Crippen LogP contribution in [0.3, 0.4) is 0 Å². The van der Waals surface area contributed by atoms with Crippen LogP contribution in [0.25, 0.3) is 5.82 Å². The molecule has 4 aromatic rings. The summed E-state index contributed by atoms with van der Waals surface area (Å²) >= 11 is 0. The van der Waals surface area contributed by atoms with Gasteiger partial charge in [0, 0.05) is 29.8 Å². The van der Waals surface area contributed by atoms with E-state index in [2.05, 4.69) is 20.8 Å². The van der Waals surface area contributed by atoms with Crippen LogP contribution in [0, 0.1) is 12.7 Å². The van der Waals surface area contributed by atoms with Crippen molar-refractivity contribution in [2.45, 2.75) is 6.92 Å². The van der Waals surface area contributed by atoms with Crippen molar-refractivity contribution in [1.82, 2.24) is 14.8 Å². The normalized spacial score (nSPS) is 10.5. The molecule has 0 saturated carbocycles. The fraction of sp³-hybridized carbons (Fsp3) is 0.0455. The van der Waals surface area contributed by atoms with E-state index in [4.69, 9.17) is 4.74 Å². The second-order valence-corrected chi connectivity index (χ2v) is 6.49. The lowest BCUT2D eigenvalue weighted by molar-refractivity contribution is 0.262. The van der Waals surface area contributed by atoms with Gasteiger partial charge in [0.1, 0.15) is 11.6 Å². The Morgan fingerprint density at radius 2 is 1.63 bits per heavy atom. The van der Waals surface area contributed by atoms with Crippen molar-refractivity contribution in [3.63, 3.8) is 0 Å². The summed E-state index contributed by atoms with van der Waals surface area (Å²) in [7, 11) is 0. The molecule has 0 fully saturated rings. The smallest absolute Gasteiger partial charge is 0.323 e. The Balaban J connectivity index is 1.34. The second kappa shape index (κ2) is 8.44. The molecule has 0 spiro atoms. The van der Waals surface area contributed by atoms with Gasteiger partial charge in [-0.25, -0.2) is 9.18 Å². The van der Waals surface area contributed by atoms with E-state index in [-0.39, 0.29) is 5.82 Å². The summed E-state index contributed by atoms with van der Waals surface area (Å²) in [5.41, 5.74) is 1.44. The molecule has 0 aliphatic carbocycles. The number of halogens is 1. The predicted molar refractivity (Wildman–Crippen MR) is 112 cm³/mol. The summed E-state index contributed by atoms with van der Waals surface area (Å²) in [6.45, 7) is 1.66. The van der Waals surface area contributed by atoms with E-state index in [1.165, 1.54) is 6.07 Å². The van der Waals surface area contributed by atoms with E-state index < -0.39 is 6.03 Å². The first-order valence-electron chi connectivity index (χ1n) is 9.16. The van der Waals surface area contributed by atoms with Crippen LogP contribution in [-0.4, -0.2) is 20.8 Å². The number of carbonyl (C=O) groups excluding carboxylic acids is 1. The van der Waals surface area contributed by atoms with E-state index in [1.807, 2.05) is 29.1 Å². The van der Waals surface area contributed by atoms with Crippen LogP contribution in [-0.2, 0) is 0 Å². The van der Waals surface area contributed by atoms with Gasteiger partial charge in [0.25, 0.3) is 0 Å². The van der Waals surface area contributed by atoms with Gasteiger partial charge in [-0.3, -0.25) is 0 Å². The number of hydrogen-bond acceptors (Lipinski definition) is 4. The number of nitrogens with zero attached hydrogens (tertiary/aromatic N) is 3. The number of nitrogens with one attached hydrogen (secondary N) is 2. The number of hydrogen-bond donors (Lipinski definition) is 2. The van der Waals surface area contributed by atoms with Gasteiger partial charge in [-0.2, -0.15) is 0 Å². The van der Waals surface area contributed by atoms with Gasteiger partial charge >= 0.3 is 6.03 Å².